The van der Waals surface area contributed by atoms with Crippen LogP contribution in [-0.4, -0.2) is 29.5 Å². The van der Waals surface area contributed by atoms with Crippen LogP contribution in [0, 0.1) is 0 Å². The Morgan fingerprint density at radius 2 is 1.52 bits per heavy atom. The van der Waals surface area contributed by atoms with Crippen LogP contribution < -0.4 is 5.32 Å². The molecule has 0 aromatic heterocycles. The first-order valence-electron chi connectivity index (χ1n) is 8.59. The zero-order chi connectivity index (χ0) is 19.2. The Morgan fingerprint density at radius 3 is 2.04 bits per heavy atom. The summed E-state index contributed by atoms with van der Waals surface area (Å²) in [4.78, 5) is 26.8. The lowest BCUT2D eigenvalue weighted by Crippen LogP contribution is -2.43. The number of rotatable bonds is 5. The number of alkyl carbamates (subject to hydrolysis) is 1. The summed E-state index contributed by atoms with van der Waals surface area (Å²) in [6.07, 6.45) is -0.618. The third-order valence-corrected chi connectivity index (χ3v) is 3.68. The highest BCUT2D eigenvalue weighted by atomic mass is 35.5. The number of hydrogen-bond acceptors (Lipinski definition) is 3. The minimum atomic E-state index is -0.806. The lowest BCUT2D eigenvalue weighted by Gasteiger charge is -2.27. The van der Waals surface area contributed by atoms with Crippen molar-refractivity contribution in [1.29, 1.82) is 0 Å². The highest BCUT2D eigenvalue weighted by molar-refractivity contribution is 5.86. The quantitative estimate of drug-likeness (QED) is 0.826. The topological polar surface area (TPSA) is 58.6 Å². The van der Waals surface area contributed by atoms with Crippen LogP contribution in [0.4, 0.5) is 4.79 Å². The number of benzene rings is 2. The highest BCUT2D eigenvalue weighted by Crippen LogP contribution is 2.18. The highest BCUT2D eigenvalue weighted by Gasteiger charge is 2.28. The summed E-state index contributed by atoms with van der Waals surface area (Å²) in [6, 6.07) is 18.1. The molecule has 2 aromatic carbocycles. The van der Waals surface area contributed by atoms with Gasteiger partial charge >= 0.3 is 6.09 Å². The molecule has 1 atom stereocenters. The Balaban J connectivity index is 0.00000364. The molecular formula is C21H27ClN2O3. The molecule has 0 spiro atoms. The van der Waals surface area contributed by atoms with Crippen LogP contribution in [0.3, 0.4) is 0 Å². The number of amides is 2. The van der Waals surface area contributed by atoms with Crippen molar-refractivity contribution in [3.8, 4) is 0 Å². The van der Waals surface area contributed by atoms with Crippen molar-refractivity contribution >= 4 is 24.4 Å². The van der Waals surface area contributed by atoms with Gasteiger partial charge in [-0.25, -0.2) is 4.79 Å². The maximum atomic E-state index is 13.0. The van der Waals surface area contributed by atoms with Crippen LogP contribution in [0.1, 0.15) is 37.9 Å². The summed E-state index contributed by atoms with van der Waals surface area (Å²) in [7, 11) is 1.72. The number of hydrogen-bond donors (Lipinski definition) is 1. The molecule has 5 nitrogen and oxygen atoms in total. The lowest BCUT2D eigenvalue weighted by molar-refractivity contribution is -0.132. The molecule has 0 aliphatic rings. The van der Waals surface area contributed by atoms with Crippen molar-refractivity contribution in [3.05, 3.63) is 71.8 Å². The summed E-state index contributed by atoms with van der Waals surface area (Å²) in [5.41, 5.74) is 1.10. The Labute approximate surface area is 167 Å². The van der Waals surface area contributed by atoms with Crippen LogP contribution in [0.15, 0.2) is 60.7 Å². The van der Waals surface area contributed by atoms with Gasteiger partial charge in [0.25, 0.3) is 0 Å². The third-order valence-electron chi connectivity index (χ3n) is 3.68. The van der Waals surface area contributed by atoms with E-state index >= 15 is 0 Å². The Morgan fingerprint density at radius 1 is 1.00 bits per heavy atom. The van der Waals surface area contributed by atoms with Gasteiger partial charge in [0.15, 0.2) is 0 Å². The minimum absolute atomic E-state index is 0. The largest absolute Gasteiger partial charge is 0.444 e. The van der Waals surface area contributed by atoms with Gasteiger partial charge in [-0.15, -0.1) is 12.4 Å². The van der Waals surface area contributed by atoms with E-state index in [1.54, 1.807) is 32.7 Å². The molecule has 0 radical (unpaired) electrons. The van der Waals surface area contributed by atoms with Gasteiger partial charge in [-0.3, -0.25) is 4.79 Å². The molecular weight excluding hydrogens is 364 g/mol. The molecule has 146 valence electrons. The molecule has 0 saturated heterocycles. The van der Waals surface area contributed by atoms with Crippen molar-refractivity contribution in [1.82, 2.24) is 10.2 Å². The molecule has 0 aliphatic heterocycles. The number of halogens is 1. The van der Waals surface area contributed by atoms with Crippen LogP contribution in [0.2, 0.25) is 0 Å². The standard InChI is InChI=1S/C21H26N2O3.ClH/c1-21(2,3)26-20(25)22-18(17-13-9-6-10-14-17)19(24)23(4)15-16-11-7-5-8-12-16;/h5-14,18H,15H2,1-4H3,(H,22,25);1H/t18-;/m0./s1. The molecule has 2 aromatic rings. The maximum Gasteiger partial charge on any atom is 0.408 e. The van der Waals surface area contributed by atoms with Gasteiger partial charge in [0, 0.05) is 13.6 Å². The lowest BCUT2D eigenvalue weighted by atomic mass is 10.1. The molecule has 1 N–H and O–H groups in total. The fraction of sp³-hybridized carbons (Fsp3) is 0.333. The zero-order valence-electron chi connectivity index (χ0n) is 16.1. The number of likely N-dealkylation sites (N-methyl/N-ethyl adjacent to an activating group) is 1. The van der Waals surface area contributed by atoms with Gasteiger partial charge in [0.1, 0.15) is 11.6 Å². The van der Waals surface area contributed by atoms with E-state index < -0.39 is 17.7 Å². The van der Waals surface area contributed by atoms with E-state index in [4.69, 9.17) is 4.74 Å². The zero-order valence-corrected chi connectivity index (χ0v) is 17.0. The second-order valence-corrected chi connectivity index (χ2v) is 7.17. The molecule has 6 heteroatoms. The number of carbonyl (C=O) groups is 2. The summed E-state index contributed by atoms with van der Waals surface area (Å²) >= 11 is 0. The van der Waals surface area contributed by atoms with E-state index in [9.17, 15) is 9.59 Å². The number of carbonyl (C=O) groups excluding carboxylic acids is 2. The molecule has 0 heterocycles. The van der Waals surface area contributed by atoms with E-state index in [1.807, 2.05) is 60.7 Å². The summed E-state index contributed by atoms with van der Waals surface area (Å²) in [6.45, 7) is 5.81. The molecule has 2 rings (SSSR count). The van der Waals surface area contributed by atoms with E-state index in [0.717, 1.165) is 5.56 Å². The molecule has 0 fully saturated rings. The van der Waals surface area contributed by atoms with Gasteiger partial charge in [0.05, 0.1) is 0 Å². The fourth-order valence-electron chi connectivity index (χ4n) is 2.51. The molecule has 2 amide bonds. The Hall–Kier alpha value is -2.53. The van der Waals surface area contributed by atoms with Crippen molar-refractivity contribution in [2.75, 3.05) is 7.05 Å². The van der Waals surface area contributed by atoms with Crippen molar-refractivity contribution in [3.63, 3.8) is 0 Å². The average molecular weight is 391 g/mol. The normalized spacial score (nSPS) is 11.7. The fourth-order valence-corrected chi connectivity index (χ4v) is 2.51. The summed E-state index contributed by atoms with van der Waals surface area (Å²) in [5, 5.41) is 2.70. The van der Waals surface area contributed by atoms with Crippen molar-refractivity contribution in [2.45, 2.75) is 39.0 Å². The smallest absolute Gasteiger partial charge is 0.408 e. The maximum absolute atomic E-state index is 13.0. The minimum Gasteiger partial charge on any atom is -0.444 e. The number of ether oxygens (including phenoxy) is 1. The first-order chi connectivity index (χ1) is 12.3. The molecule has 0 aliphatic carbocycles. The van der Waals surface area contributed by atoms with Crippen LogP contribution in [0.5, 0.6) is 0 Å². The first-order valence-corrected chi connectivity index (χ1v) is 8.59. The first kappa shape index (κ1) is 22.5. The number of nitrogens with zero attached hydrogens (tertiary/aromatic N) is 1. The molecule has 0 bridgehead atoms. The predicted molar refractivity (Wildman–Crippen MR) is 109 cm³/mol. The second-order valence-electron chi connectivity index (χ2n) is 7.17. The second kappa shape index (κ2) is 9.97. The van der Waals surface area contributed by atoms with E-state index in [1.165, 1.54) is 0 Å². The van der Waals surface area contributed by atoms with Crippen LogP contribution in [-0.2, 0) is 16.1 Å². The van der Waals surface area contributed by atoms with Gasteiger partial charge in [0.2, 0.25) is 5.91 Å². The van der Waals surface area contributed by atoms with E-state index in [2.05, 4.69) is 5.32 Å². The summed E-state index contributed by atoms with van der Waals surface area (Å²) < 4.78 is 5.32. The van der Waals surface area contributed by atoms with Crippen LogP contribution in [0.25, 0.3) is 0 Å². The van der Waals surface area contributed by atoms with Gasteiger partial charge in [-0.2, -0.15) is 0 Å². The van der Waals surface area contributed by atoms with Crippen molar-refractivity contribution < 1.29 is 14.3 Å². The SMILES string of the molecule is CN(Cc1ccccc1)C(=O)[C@@H](NC(=O)OC(C)(C)C)c1ccccc1.Cl. The Bertz CT molecular complexity index is 730. The summed E-state index contributed by atoms with van der Waals surface area (Å²) in [5.74, 6) is -0.203. The van der Waals surface area contributed by atoms with Gasteiger partial charge in [-0.05, 0) is 31.9 Å². The van der Waals surface area contributed by atoms with E-state index in [-0.39, 0.29) is 18.3 Å². The molecule has 27 heavy (non-hydrogen) atoms. The van der Waals surface area contributed by atoms with Gasteiger partial charge < -0.3 is 15.0 Å². The van der Waals surface area contributed by atoms with Gasteiger partial charge in [-0.1, -0.05) is 60.7 Å². The molecule has 0 saturated carbocycles. The molecule has 0 unspecified atom stereocenters. The van der Waals surface area contributed by atoms with Crippen LogP contribution >= 0.6 is 12.4 Å². The monoisotopic (exact) mass is 390 g/mol. The number of nitrogens with one attached hydrogen (secondary N) is 1. The average Bonchev–Trinajstić information content (AvgIpc) is 2.59. The van der Waals surface area contributed by atoms with Crippen molar-refractivity contribution in [2.24, 2.45) is 0 Å². The van der Waals surface area contributed by atoms with E-state index in [0.29, 0.717) is 12.1 Å². The predicted octanol–water partition coefficient (Wildman–Crippen LogP) is 4.33. The third kappa shape index (κ3) is 7.31. The Kier molecular flexibility index (Phi) is 8.32.